The predicted molar refractivity (Wildman–Crippen MR) is 66.0 cm³/mol. The van der Waals surface area contributed by atoms with E-state index in [2.05, 4.69) is 26.0 Å². The Morgan fingerprint density at radius 1 is 0.750 bits per heavy atom. The van der Waals surface area contributed by atoms with E-state index in [9.17, 15) is 4.39 Å². The molecule has 0 N–H and O–H groups in total. The lowest BCUT2D eigenvalue weighted by atomic mass is 9.97. The molecule has 0 aromatic heterocycles. The zero-order valence-corrected chi connectivity index (χ0v) is 9.84. The lowest BCUT2D eigenvalue weighted by Crippen LogP contribution is -1.87. The van der Waals surface area contributed by atoms with Gasteiger partial charge >= 0.3 is 0 Å². The molecule has 82 valence electrons. The van der Waals surface area contributed by atoms with Crippen LogP contribution in [0.15, 0.2) is 36.4 Å². The van der Waals surface area contributed by atoms with Crippen LogP contribution in [0, 0.1) is 26.6 Å². The topological polar surface area (TPSA) is 0 Å². The van der Waals surface area contributed by atoms with Crippen molar-refractivity contribution in [2.24, 2.45) is 0 Å². The van der Waals surface area contributed by atoms with E-state index in [1.807, 2.05) is 19.1 Å². The Balaban J connectivity index is 2.58. The number of halogens is 1. The van der Waals surface area contributed by atoms with E-state index < -0.39 is 0 Å². The highest BCUT2D eigenvalue weighted by Crippen LogP contribution is 2.26. The van der Waals surface area contributed by atoms with Crippen LogP contribution in [0.2, 0.25) is 0 Å². The van der Waals surface area contributed by atoms with Gasteiger partial charge in [-0.05, 0) is 60.7 Å². The predicted octanol–water partition coefficient (Wildman–Crippen LogP) is 4.42. The summed E-state index contributed by atoms with van der Waals surface area (Å²) in [4.78, 5) is 0. The molecule has 0 atom stereocenters. The Labute approximate surface area is 95.7 Å². The summed E-state index contributed by atoms with van der Waals surface area (Å²) < 4.78 is 13.2. The van der Waals surface area contributed by atoms with Crippen molar-refractivity contribution >= 4 is 0 Å². The largest absolute Gasteiger partial charge is 0.207 e. The third kappa shape index (κ3) is 1.99. The maximum absolute atomic E-state index is 13.2. The van der Waals surface area contributed by atoms with Gasteiger partial charge in [-0.3, -0.25) is 0 Å². The van der Waals surface area contributed by atoms with Gasteiger partial charge in [0.15, 0.2) is 0 Å². The van der Waals surface area contributed by atoms with E-state index in [0.717, 1.165) is 16.7 Å². The molecule has 0 aliphatic rings. The molecule has 0 bridgehead atoms. The van der Waals surface area contributed by atoms with Crippen molar-refractivity contribution in [1.29, 1.82) is 0 Å². The van der Waals surface area contributed by atoms with Crippen LogP contribution in [0.5, 0.6) is 0 Å². The van der Waals surface area contributed by atoms with Gasteiger partial charge in [0.05, 0.1) is 0 Å². The molecule has 0 fully saturated rings. The number of hydrogen-bond donors (Lipinski definition) is 0. The second kappa shape index (κ2) is 4.09. The fourth-order valence-corrected chi connectivity index (χ4v) is 1.81. The maximum Gasteiger partial charge on any atom is 0.123 e. The van der Waals surface area contributed by atoms with E-state index in [-0.39, 0.29) is 5.82 Å². The molecule has 1 heteroatoms. The normalized spacial score (nSPS) is 10.5. The molecule has 0 aliphatic carbocycles. The smallest absolute Gasteiger partial charge is 0.123 e. The SMILES string of the molecule is Cc1ccc(-c2cc(F)ccc2C)cc1C. The van der Waals surface area contributed by atoms with Crippen molar-refractivity contribution < 1.29 is 4.39 Å². The Bertz CT molecular complexity index is 527. The van der Waals surface area contributed by atoms with Crippen LogP contribution in [0.3, 0.4) is 0 Å². The summed E-state index contributed by atoms with van der Waals surface area (Å²) in [6.45, 7) is 6.16. The zero-order valence-electron chi connectivity index (χ0n) is 9.84. The first-order chi connectivity index (χ1) is 7.58. The second-order valence-electron chi connectivity index (χ2n) is 4.26. The molecule has 0 radical (unpaired) electrons. The van der Waals surface area contributed by atoms with Crippen molar-refractivity contribution in [3.05, 3.63) is 58.9 Å². The third-order valence-corrected chi connectivity index (χ3v) is 3.02. The molecule has 0 nitrogen and oxygen atoms in total. The Hall–Kier alpha value is -1.63. The first kappa shape index (κ1) is 10.9. The van der Waals surface area contributed by atoms with Crippen LogP contribution >= 0.6 is 0 Å². The summed E-state index contributed by atoms with van der Waals surface area (Å²) in [5.41, 5.74) is 5.66. The fourth-order valence-electron chi connectivity index (χ4n) is 1.81. The number of aryl methyl sites for hydroxylation is 3. The van der Waals surface area contributed by atoms with Gasteiger partial charge < -0.3 is 0 Å². The van der Waals surface area contributed by atoms with Gasteiger partial charge in [0.1, 0.15) is 5.82 Å². The van der Waals surface area contributed by atoms with Gasteiger partial charge in [0.25, 0.3) is 0 Å². The molecule has 0 unspecified atom stereocenters. The molecule has 2 aromatic rings. The van der Waals surface area contributed by atoms with E-state index in [1.54, 1.807) is 6.07 Å². The molecule has 0 aliphatic heterocycles. The van der Waals surface area contributed by atoms with Crippen molar-refractivity contribution in [3.63, 3.8) is 0 Å². The molecular weight excluding hydrogens is 199 g/mol. The molecule has 0 spiro atoms. The zero-order chi connectivity index (χ0) is 11.7. The van der Waals surface area contributed by atoms with Crippen LogP contribution in [0.4, 0.5) is 4.39 Å². The Kier molecular flexibility index (Phi) is 2.78. The van der Waals surface area contributed by atoms with E-state index in [1.165, 1.54) is 17.2 Å². The van der Waals surface area contributed by atoms with Gasteiger partial charge in [0.2, 0.25) is 0 Å². The average Bonchev–Trinajstić information content (AvgIpc) is 2.26. The summed E-state index contributed by atoms with van der Waals surface area (Å²) in [6.07, 6.45) is 0. The summed E-state index contributed by atoms with van der Waals surface area (Å²) in [5.74, 6) is -0.182. The van der Waals surface area contributed by atoms with Gasteiger partial charge in [-0.15, -0.1) is 0 Å². The van der Waals surface area contributed by atoms with Crippen LogP contribution < -0.4 is 0 Å². The maximum atomic E-state index is 13.2. The van der Waals surface area contributed by atoms with E-state index in [4.69, 9.17) is 0 Å². The summed E-state index contributed by atoms with van der Waals surface area (Å²) in [7, 11) is 0. The monoisotopic (exact) mass is 214 g/mol. The van der Waals surface area contributed by atoms with Gasteiger partial charge in [-0.2, -0.15) is 0 Å². The van der Waals surface area contributed by atoms with Crippen LogP contribution in [0.1, 0.15) is 16.7 Å². The molecule has 2 aromatic carbocycles. The van der Waals surface area contributed by atoms with Crippen LogP contribution in [-0.2, 0) is 0 Å². The van der Waals surface area contributed by atoms with Gasteiger partial charge in [-0.1, -0.05) is 24.3 Å². The van der Waals surface area contributed by atoms with Crippen LogP contribution in [0.25, 0.3) is 11.1 Å². The molecule has 16 heavy (non-hydrogen) atoms. The fraction of sp³-hybridized carbons (Fsp3) is 0.200. The van der Waals surface area contributed by atoms with Crippen molar-refractivity contribution in [3.8, 4) is 11.1 Å². The molecule has 0 saturated heterocycles. The van der Waals surface area contributed by atoms with Gasteiger partial charge in [0, 0.05) is 0 Å². The summed E-state index contributed by atoms with van der Waals surface area (Å²) in [5, 5.41) is 0. The minimum Gasteiger partial charge on any atom is -0.207 e. The second-order valence-corrected chi connectivity index (χ2v) is 4.26. The highest BCUT2D eigenvalue weighted by molar-refractivity contribution is 5.68. The molecule has 0 saturated carbocycles. The number of hydrogen-bond acceptors (Lipinski definition) is 0. The highest BCUT2D eigenvalue weighted by atomic mass is 19.1. The minimum atomic E-state index is -0.182. The first-order valence-electron chi connectivity index (χ1n) is 5.42. The Morgan fingerprint density at radius 2 is 1.44 bits per heavy atom. The van der Waals surface area contributed by atoms with Gasteiger partial charge in [-0.25, -0.2) is 4.39 Å². The van der Waals surface area contributed by atoms with Crippen molar-refractivity contribution in [1.82, 2.24) is 0 Å². The van der Waals surface area contributed by atoms with E-state index in [0.29, 0.717) is 0 Å². The molecule has 2 rings (SSSR count). The average molecular weight is 214 g/mol. The van der Waals surface area contributed by atoms with Crippen LogP contribution in [-0.4, -0.2) is 0 Å². The van der Waals surface area contributed by atoms with E-state index >= 15 is 0 Å². The van der Waals surface area contributed by atoms with Crippen molar-refractivity contribution in [2.45, 2.75) is 20.8 Å². The first-order valence-corrected chi connectivity index (χ1v) is 5.42. The lowest BCUT2D eigenvalue weighted by molar-refractivity contribution is 0.628. The number of rotatable bonds is 1. The summed E-state index contributed by atoms with van der Waals surface area (Å²) >= 11 is 0. The molecule has 0 heterocycles. The number of benzene rings is 2. The quantitative estimate of drug-likeness (QED) is 0.659. The molecular formula is C15H15F. The highest BCUT2D eigenvalue weighted by Gasteiger charge is 2.04. The standard InChI is InChI=1S/C15H15F/c1-10-4-6-13(8-12(10)3)15-9-14(16)7-5-11(15)2/h4-9H,1-3H3. The molecule has 0 amide bonds. The van der Waals surface area contributed by atoms with Crippen molar-refractivity contribution in [2.75, 3.05) is 0 Å². The summed E-state index contributed by atoms with van der Waals surface area (Å²) in [6, 6.07) is 11.1. The third-order valence-electron chi connectivity index (χ3n) is 3.02. The minimum absolute atomic E-state index is 0.182. The Morgan fingerprint density at radius 3 is 2.12 bits per heavy atom. The lowest BCUT2D eigenvalue weighted by Gasteiger charge is -2.08.